The molecule has 7 nitrogen and oxygen atoms in total. The lowest BCUT2D eigenvalue weighted by molar-refractivity contribution is -0.128. The zero-order chi connectivity index (χ0) is 14.9. The first-order valence-electron chi connectivity index (χ1n) is 7.57. The van der Waals surface area contributed by atoms with Crippen LogP contribution in [0.2, 0.25) is 0 Å². The van der Waals surface area contributed by atoms with Gasteiger partial charge in [-0.1, -0.05) is 0 Å². The van der Waals surface area contributed by atoms with Gasteiger partial charge >= 0.3 is 0 Å². The largest absolute Gasteiger partial charge is 0.357 e. The second kappa shape index (κ2) is 8.28. The fourth-order valence-electron chi connectivity index (χ4n) is 2.28. The molecule has 116 valence electrons. The SMILES string of the molecule is CCNC(=NCC(=O)N1CCCC1)NCCn1cccn1. The molecule has 0 saturated carbocycles. The van der Waals surface area contributed by atoms with Crippen LogP contribution >= 0.6 is 0 Å². The fourth-order valence-corrected chi connectivity index (χ4v) is 2.28. The quantitative estimate of drug-likeness (QED) is 0.574. The van der Waals surface area contributed by atoms with Crippen molar-refractivity contribution in [3.05, 3.63) is 18.5 Å². The molecule has 21 heavy (non-hydrogen) atoms. The van der Waals surface area contributed by atoms with Crippen molar-refractivity contribution >= 4 is 11.9 Å². The minimum Gasteiger partial charge on any atom is -0.357 e. The number of nitrogens with one attached hydrogen (secondary N) is 2. The predicted octanol–water partition coefficient (Wildman–Crippen LogP) is 0.0606. The second-order valence-corrected chi connectivity index (χ2v) is 4.98. The maximum Gasteiger partial charge on any atom is 0.244 e. The number of hydrogen-bond donors (Lipinski definition) is 2. The van der Waals surface area contributed by atoms with E-state index in [1.165, 1.54) is 0 Å². The maximum absolute atomic E-state index is 12.0. The van der Waals surface area contributed by atoms with Crippen LogP contribution < -0.4 is 10.6 Å². The van der Waals surface area contributed by atoms with E-state index in [4.69, 9.17) is 0 Å². The van der Waals surface area contributed by atoms with Gasteiger partial charge in [-0.2, -0.15) is 5.10 Å². The van der Waals surface area contributed by atoms with Gasteiger partial charge in [0.15, 0.2) is 5.96 Å². The summed E-state index contributed by atoms with van der Waals surface area (Å²) in [5.74, 6) is 0.786. The lowest BCUT2D eigenvalue weighted by Crippen LogP contribution is -2.40. The highest BCUT2D eigenvalue weighted by Crippen LogP contribution is 2.07. The molecule has 0 aromatic carbocycles. The fraction of sp³-hybridized carbons (Fsp3) is 0.643. The van der Waals surface area contributed by atoms with Crippen molar-refractivity contribution in [1.29, 1.82) is 0 Å². The first-order chi connectivity index (χ1) is 10.3. The van der Waals surface area contributed by atoms with E-state index in [1.54, 1.807) is 6.20 Å². The van der Waals surface area contributed by atoms with Crippen molar-refractivity contribution in [2.24, 2.45) is 4.99 Å². The molecule has 0 atom stereocenters. The molecule has 0 spiro atoms. The molecule has 2 rings (SSSR count). The van der Waals surface area contributed by atoms with Crippen LogP contribution in [-0.2, 0) is 11.3 Å². The van der Waals surface area contributed by atoms with E-state index in [9.17, 15) is 4.79 Å². The molecule has 1 aromatic rings. The molecular weight excluding hydrogens is 268 g/mol. The number of carbonyl (C=O) groups is 1. The minimum absolute atomic E-state index is 0.108. The number of aromatic nitrogens is 2. The normalized spacial score (nSPS) is 15.3. The summed E-state index contributed by atoms with van der Waals surface area (Å²) >= 11 is 0. The van der Waals surface area contributed by atoms with E-state index in [-0.39, 0.29) is 12.5 Å². The van der Waals surface area contributed by atoms with Gasteiger partial charge in [0.1, 0.15) is 6.54 Å². The molecule has 2 heterocycles. The number of nitrogens with zero attached hydrogens (tertiary/aromatic N) is 4. The number of likely N-dealkylation sites (tertiary alicyclic amines) is 1. The topological polar surface area (TPSA) is 74.6 Å². The van der Waals surface area contributed by atoms with Gasteiger partial charge in [-0.15, -0.1) is 0 Å². The van der Waals surface area contributed by atoms with Crippen LogP contribution in [-0.4, -0.2) is 59.3 Å². The molecule has 1 aliphatic rings. The number of carbonyl (C=O) groups excluding carboxylic acids is 1. The average molecular weight is 292 g/mol. The minimum atomic E-state index is 0.108. The molecule has 0 aliphatic carbocycles. The Morgan fingerprint density at radius 3 is 2.81 bits per heavy atom. The number of amides is 1. The number of aliphatic imine (C=N–C) groups is 1. The summed E-state index contributed by atoms with van der Waals surface area (Å²) in [6.07, 6.45) is 5.89. The zero-order valence-electron chi connectivity index (χ0n) is 12.6. The van der Waals surface area contributed by atoms with Crippen LogP contribution in [0.5, 0.6) is 0 Å². The van der Waals surface area contributed by atoms with Crippen LogP contribution in [0.1, 0.15) is 19.8 Å². The van der Waals surface area contributed by atoms with Crippen molar-refractivity contribution in [3.8, 4) is 0 Å². The van der Waals surface area contributed by atoms with Crippen LogP contribution in [0, 0.1) is 0 Å². The Morgan fingerprint density at radius 1 is 1.33 bits per heavy atom. The van der Waals surface area contributed by atoms with Crippen LogP contribution in [0.3, 0.4) is 0 Å². The Bertz CT molecular complexity index is 450. The third-order valence-corrected chi connectivity index (χ3v) is 3.37. The van der Waals surface area contributed by atoms with E-state index < -0.39 is 0 Å². The Morgan fingerprint density at radius 2 is 2.14 bits per heavy atom. The summed E-state index contributed by atoms with van der Waals surface area (Å²) in [6, 6.07) is 1.90. The standard InChI is InChI=1S/C14H24N6O/c1-2-15-14(16-7-11-20-10-5-6-18-20)17-12-13(21)19-8-3-4-9-19/h5-6,10H,2-4,7-9,11-12H2,1H3,(H2,15,16,17). The molecule has 0 bridgehead atoms. The van der Waals surface area contributed by atoms with Crippen molar-refractivity contribution < 1.29 is 4.79 Å². The highest BCUT2D eigenvalue weighted by Gasteiger charge is 2.17. The monoisotopic (exact) mass is 292 g/mol. The molecule has 1 saturated heterocycles. The summed E-state index contributed by atoms with van der Waals surface area (Å²) in [7, 11) is 0. The van der Waals surface area contributed by atoms with Gasteiger partial charge in [0.05, 0.1) is 6.54 Å². The van der Waals surface area contributed by atoms with Gasteiger partial charge in [0.2, 0.25) is 5.91 Å². The molecule has 7 heteroatoms. The van der Waals surface area contributed by atoms with Crippen molar-refractivity contribution in [3.63, 3.8) is 0 Å². The third-order valence-electron chi connectivity index (χ3n) is 3.37. The first kappa shape index (κ1) is 15.3. The van der Waals surface area contributed by atoms with E-state index >= 15 is 0 Å². The lowest BCUT2D eigenvalue weighted by atomic mass is 10.4. The van der Waals surface area contributed by atoms with Crippen molar-refractivity contribution in [2.45, 2.75) is 26.3 Å². The molecular formula is C14H24N6O. The predicted molar refractivity (Wildman–Crippen MR) is 82.0 cm³/mol. The Labute approximate surface area is 125 Å². The number of hydrogen-bond acceptors (Lipinski definition) is 3. The molecule has 1 aromatic heterocycles. The van der Waals surface area contributed by atoms with E-state index in [0.717, 1.165) is 39.0 Å². The maximum atomic E-state index is 12.0. The third kappa shape index (κ3) is 5.09. The van der Waals surface area contributed by atoms with Gasteiger partial charge in [-0.3, -0.25) is 9.48 Å². The molecule has 1 amide bonds. The average Bonchev–Trinajstić information content (AvgIpc) is 3.17. The van der Waals surface area contributed by atoms with Crippen molar-refractivity contribution in [2.75, 3.05) is 32.7 Å². The summed E-state index contributed by atoms with van der Waals surface area (Å²) in [4.78, 5) is 18.2. The van der Waals surface area contributed by atoms with Gasteiger partial charge in [-0.25, -0.2) is 4.99 Å². The Balaban J connectivity index is 1.76. The van der Waals surface area contributed by atoms with E-state index in [0.29, 0.717) is 12.5 Å². The molecule has 1 fully saturated rings. The smallest absolute Gasteiger partial charge is 0.244 e. The van der Waals surface area contributed by atoms with Crippen LogP contribution in [0.25, 0.3) is 0 Å². The van der Waals surface area contributed by atoms with Crippen molar-refractivity contribution in [1.82, 2.24) is 25.3 Å². The number of rotatable bonds is 6. The van der Waals surface area contributed by atoms with Gasteiger partial charge in [0, 0.05) is 38.6 Å². The molecule has 0 radical (unpaired) electrons. The van der Waals surface area contributed by atoms with Gasteiger partial charge in [0.25, 0.3) is 0 Å². The van der Waals surface area contributed by atoms with Crippen LogP contribution in [0.4, 0.5) is 0 Å². The Kier molecular flexibility index (Phi) is 6.05. The van der Waals surface area contributed by atoms with E-state index in [1.807, 2.05) is 28.8 Å². The summed E-state index contributed by atoms with van der Waals surface area (Å²) in [5.41, 5.74) is 0. The lowest BCUT2D eigenvalue weighted by Gasteiger charge is -2.15. The van der Waals surface area contributed by atoms with E-state index in [2.05, 4.69) is 20.7 Å². The molecule has 0 unspecified atom stereocenters. The van der Waals surface area contributed by atoms with Crippen LogP contribution in [0.15, 0.2) is 23.5 Å². The molecule has 2 N–H and O–H groups in total. The molecule has 1 aliphatic heterocycles. The summed E-state index contributed by atoms with van der Waals surface area (Å²) < 4.78 is 1.85. The highest BCUT2D eigenvalue weighted by atomic mass is 16.2. The first-order valence-corrected chi connectivity index (χ1v) is 7.57. The summed E-state index contributed by atoms with van der Waals surface area (Å²) in [5, 5.41) is 10.5. The highest BCUT2D eigenvalue weighted by molar-refractivity contribution is 5.85. The van der Waals surface area contributed by atoms with Gasteiger partial charge < -0.3 is 15.5 Å². The Hall–Kier alpha value is -2.05. The number of guanidine groups is 1. The van der Waals surface area contributed by atoms with Gasteiger partial charge in [-0.05, 0) is 25.8 Å². The second-order valence-electron chi connectivity index (χ2n) is 4.98. The summed E-state index contributed by atoms with van der Waals surface area (Å²) in [6.45, 7) is 6.20. The zero-order valence-corrected chi connectivity index (χ0v) is 12.6.